The van der Waals surface area contributed by atoms with Gasteiger partial charge in [0.1, 0.15) is 11.9 Å². The van der Waals surface area contributed by atoms with Crippen LogP contribution in [0.3, 0.4) is 0 Å². The summed E-state index contributed by atoms with van der Waals surface area (Å²) < 4.78 is 11.1. The maximum Gasteiger partial charge on any atom is 0.310 e. The number of esters is 1. The zero-order valence-corrected chi connectivity index (χ0v) is 12.6. The Hall–Kier alpha value is -1.55. The highest BCUT2D eigenvalue weighted by molar-refractivity contribution is 5.72. The standard InChI is InChI=1S/C17H23NO3/c1-2-20-17(19)14-7-5-9-18(11-14)12-15-10-13-6-3-4-8-16(13)21-15/h3-4,6,8,14-15H,2,5,7,9-12H2,1H3. The number of likely N-dealkylation sites (tertiary alicyclic amines) is 1. The van der Waals surface area contributed by atoms with Gasteiger partial charge < -0.3 is 9.47 Å². The molecule has 0 radical (unpaired) electrons. The van der Waals surface area contributed by atoms with Gasteiger partial charge in [0, 0.05) is 19.5 Å². The molecule has 21 heavy (non-hydrogen) atoms. The van der Waals surface area contributed by atoms with Crippen molar-refractivity contribution in [2.24, 2.45) is 5.92 Å². The second-order valence-electron chi connectivity index (χ2n) is 5.90. The van der Waals surface area contributed by atoms with Crippen molar-refractivity contribution in [1.82, 2.24) is 4.90 Å². The number of carbonyl (C=O) groups excluding carboxylic acids is 1. The topological polar surface area (TPSA) is 38.8 Å². The quantitative estimate of drug-likeness (QED) is 0.797. The third-order valence-corrected chi connectivity index (χ3v) is 4.30. The van der Waals surface area contributed by atoms with Gasteiger partial charge in [-0.3, -0.25) is 9.69 Å². The van der Waals surface area contributed by atoms with E-state index >= 15 is 0 Å². The van der Waals surface area contributed by atoms with Crippen LogP contribution in [0.4, 0.5) is 0 Å². The predicted octanol–water partition coefficient (Wildman–Crippen LogP) is 2.27. The molecule has 0 amide bonds. The van der Waals surface area contributed by atoms with Crippen molar-refractivity contribution < 1.29 is 14.3 Å². The summed E-state index contributed by atoms with van der Waals surface area (Å²) in [6.07, 6.45) is 3.18. The smallest absolute Gasteiger partial charge is 0.310 e. The Labute approximate surface area is 126 Å². The van der Waals surface area contributed by atoms with E-state index in [1.165, 1.54) is 5.56 Å². The van der Waals surface area contributed by atoms with Gasteiger partial charge in [-0.2, -0.15) is 0 Å². The average Bonchev–Trinajstić information content (AvgIpc) is 2.90. The molecule has 1 fully saturated rings. The molecule has 2 unspecified atom stereocenters. The highest BCUT2D eigenvalue weighted by Gasteiger charge is 2.30. The molecule has 3 rings (SSSR count). The minimum absolute atomic E-state index is 0.0301. The molecule has 2 atom stereocenters. The van der Waals surface area contributed by atoms with Crippen molar-refractivity contribution in [3.63, 3.8) is 0 Å². The molecule has 1 aromatic rings. The molecule has 1 saturated heterocycles. The van der Waals surface area contributed by atoms with Crippen molar-refractivity contribution in [1.29, 1.82) is 0 Å². The van der Waals surface area contributed by atoms with Crippen LogP contribution in [-0.4, -0.2) is 43.2 Å². The van der Waals surface area contributed by atoms with E-state index in [1.807, 2.05) is 19.1 Å². The van der Waals surface area contributed by atoms with E-state index in [4.69, 9.17) is 9.47 Å². The van der Waals surface area contributed by atoms with Crippen LogP contribution >= 0.6 is 0 Å². The predicted molar refractivity (Wildman–Crippen MR) is 80.4 cm³/mol. The van der Waals surface area contributed by atoms with Crippen LogP contribution in [0.5, 0.6) is 5.75 Å². The molecular formula is C17H23NO3. The molecule has 0 spiro atoms. The number of para-hydroxylation sites is 1. The summed E-state index contributed by atoms with van der Waals surface area (Å²) in [6, 6.07) is 8.24. The number of hydrogen-bond donors (Lipinski definition) is 0. The van der Waals surface area contributed by atoms with Gasteiger partial charge in [-0.25, -0.2) is 0 Å². The van der Waals surface area contributed by atoms with Gasteiger partial charge in [0.2, 0.25) is 0 Å². The van der Waals surface area contributed by atoms with Gasteiger partial charge in [0.05, 0.1) is 12.5 Å². The fourth-order valence-corrected chi connectivity index (χ4v) is 3.32. The first-order valence-corrected chi connectivity index (χ1v) is 7.90. The minimum atomic E-state index is -0.0437. The first-order chi connectivity index (χ1) is 10.3. The summed E-state index contributed by atoms with van der Waals surface area (Å²) in [5.74, 6) is 1.00. The van der Waals surface area contributed by atoms with Gasteiger partial charge in [-0.05, 0) is 37.9 Å². The lowest BCUT2D eigenvalue weighted by molar-refractivity contribution is -0.150. The van der Waals surface area contributed by atoms with Gasteiger partial charge in [-0.15, -0.1) is 0 Å². The van der Waals surface area contributed by atoms with E-state index in [-0.39, 0.29) is 18.0 Å². The van der Waals surface area contributed by atoms with E-state index in [2.05, 4.69) is 17.0 Å². The molecule has 2 aliphatic rings. The normalized spacial score (nSPS) is 25.2. The fraction of sp³-hybridized carbons (Fsp3) is 0.588. The third kappa shape index (κ3) is 3.38. The van der Waals surface area contributed by atoms with Crippen molar-refractivity contribution >= 4 is 5.97 Å². The Kier molecular flexibility index (Phi) is 4.44. The zero-order chi connectivity index (χ0) is 14.7. The van der Waals surface area contributed by atoms with Gasteiger partial charge >= 0.3 is 5.97 Å². The maximum absolute atomic E-state index is 11.9. The van der Waals surface area contributed by atoms with Crippen LogP contribution in [0.2, 0.25) is 0 Å². The summed E-state index contributed by atoms with van der Waals surface area (Å²) >= 11 is 0. The number of hydrogen-bond acceptors (Lipinski definition) is 4. The molecule has 0 aromatic heterocycles. The van der Waals surface area contributed by atoms with E-state index in [0.29, 0.717) is 6.61 Å². The van der Waals surface area contributed by atoms with Gasteiger partial charge in [0.15, 0.2) is 0 Å². The van der Waals surface area contributed by atoms with Crippen LogP contribution in [0.15, 0.2) is 24.3 Å². The molecule has 4 heteroatoms. The summed E-state index contributed by atoms with van der Waals surface area (Å²) in [7, 11) is 0. The number of nitrogens with zero attached hydrogens (tertiary/aromatic N) is 1. The second kappa shape index (κ2) is 6.48. The van der Waals surface area contributed by atoms with Crippen LogP contribution in [0, 0.1) is 5.92 Å². The number of rotatable bonds is 4. The van der Waals surface area contributed by atoms with E-state index < -0.39 is 0 Å². The Morgan fingerprint density at radius 3 is 3.10 bits per heavy atom. The Balaban J connectivity index is 1.53. The second-order valence-corrected chi connectivity index (χ2v) is 5.90. The molecule has 0 bridgehead atoms. The molecule has 0 N–H and O–H groups in total. The van der Waals surface area contributed by atoms with E-state index in [0.717, 1.165) is 44.6 Å². The molecule has 4 nitrogen and oxygen atoms in total. The maximum atomic E-state index is 11.9. The minimum Gasteiger partial charge on any atom is -0.488 e. The van der Waals surface area contributed by atoms with Crippen molar-refractivity contribution in [2.45, 2.75) is 32.3 Å². The summed E-state index contributed by atoms with van der Waals surface area (Å²) in [5, 5.41) is 0. The average molecular weight is 289 g/mol. The van der Waals surface area contributed by atoms with Crippen LogP contribution < -0.4 is 4.74 Å². The summed E-state index contributed by atoms with van der Waals surface area (Å²) in [6.45, 7) is 5.07. The molecule has 2 aliphatic heterocycles. The van der Waals surface area contributed by atoms with Crippen molar-refractivity contribution in [3.8, 4) is 5.75 Å². The Bertz CT molecular complexity index is 478. The molecule has 114 valence electrons. The Morgan fingerprint density at radius 1 is 1.43 bits per heavy atom. The summed E-state index contributed by atoms with van der Waals surface area (Å²) in [4.78, 5) is 14.2. The first-order valence-electron chi connectivity index (χ1n) is 7.90. The SMILES string of the molecule is CCOC(=O)C1CCCN(CC2Cc3ccccc3O2)C1. The zero-order valence-electron chi connectivity index (χ0n) is 12.6. The number of ether oxygens (including phenoxy) is 2. The molecule has 0 aliphatic carbocycles. The van der Waals surface area contributed by atoms with Crippen LogP contribution in [-0.2, 0) is 16.0 Å². The fourth-order valence-electron chi connectivity index (χ4n) is 3.32. The number of benzene rings is 1. The lowest BCUT2D eigenvalue weighted by Gasteiger charge is -2.32. The largest absolute Gasteiger partial charge is 0.488 e. The lowest BCUT2D eigenvalue weighted by Crippen LogP contribution is -2.43. The van der Waals surface area contributed by atoms with Gasteiger partial charge in [-0.1, -0.05) is 18.2 Å². The summed E-state index contributed by atoms with van der Waals surface area (Å²) in [5.41, 5.74) is 1.29. The monoisotopic (exact) mass is 289 g/mol. The number of fused-ring (bicyclic) bond motifs is 1. The van der Waals surface area contributed by atoms with Crippen LogP contribution in [0.1, 0.15) is 25.3 Å². The highest BCUT2D eigenvalue weighted by atomic mass is 16.5. The Morgan fingerprint density at radius 2 is 2.29 bits per heavy atom. The van der Waals surface area contributed by atoms with Gasteiger partial charge in [0.25, 0.3) is 0 Å². The van der Waals surface area contributed by atoms with E-state index in [9.17, 15) is 4.79 Å². The lowest BCUT2D eigenvalue weighted by atomic mass is 9.97. The van der Waals surface area contributed by atoms with E-state index in [1.54, 1.807) is 0 Å². The molecule has 2 heterocycles. The molecular weight excluding hydrogens is 266 g/mol. The van der Waals surface area contributed by atoms with Crippen molar-refractivity contribution in [3.05, 3.63) is 29.8 Å². The molecule has 1 aromatic carbocycles. The number of piperidine rings is 1. The van der Waals surface area contributed by atoms with Crippen molar-refractivity contribution in [2.75, 3.05) is 26.2 Å². The third-order valence-electron chi connectivity index (χ3n) is 4.30. The highest BCUT2D eigenvalue weighted by Crippen LogP contribution is 2.29. The number of carbonyl (C=O) groups is 1. The molecule has 0 saturated carbocycles. The van der Waals surface area contributed by atoms with Crippen LogP contribution in [0.25, 0.3) is 0 Å². The first kappa shape index (κ1) is 14.4.